The number of carbonyl (C=O) groups excluding carboxylic acids is 2. The second kappa shape index (κ2) is 40.0. The number of phenolic OH excluding ortho intramolecular Hbond substituents is 1. The number of hydrogen-bond donors (Lipinski definition) is 6. The minimum Gasteiger partial charge on any atom is -0.503 e. The SMILES string of the molecule is C=C1N=C(COC(C)(C)C)NO1.C=C1N=C(COC(C)(C)C)NO1.C=C1N=C(COC(C)(C)C)NS1.CC(C)(C)OCC1SC(=O)NC1=O.CC(C)(C)OCc1ncn[nH]1.CC(C)(C)c1cc(F)c(O)c(F)c1.Cc1ccccc1SCC(C)(C)C.Cc1nccc(C(C)(C)C)n1. The number of hydrogen-bond acceptors (Lipinski definition) is 23. The molecule has 22 nitrogen and oxygen atoms in total. The Hall–Kier alpha value is -6.46. The van der Waals surface area contributed by atoms with Gasteiger partial charge in [0.1, 0.15) is 60.5 Å². The molecule has 0 spiro atoms. The minimum atomic E-state index is -0.912. The van der Waals surface area contributed by atoms with Crippen LogP contribution in [0.2, 0.25) is 0 Å². The first-order chi connectivity index (χ1) is 44.2. The average Bonchev–Trinajstić information content (AvgIpc) is 1.80. The number of amidine groups is 3. The number of amides is 2. The molecule has 0 aliphatic carbocycles. The Morgan fingerprint density at radius 2 is 1.09 bits per heavy atom. The van der Waals surface area contributed by atoms with Crippen LogP contribution in [0.4, 0.5) is 13.6 Å². The number of hydroxylamine groups is 2. The number of nitrogens with one attached hydrogen (secondary N) is 5. The zero-order chi connectivity index (χ0) is 74.6. The predicted molar refractivity (Wildman–Crippen MR) is 391 cm³/mol. The number of aromatic hydroxyl groups is 1. The molecule has 0 radical (unpaired) electrons. The monoisotopic (exact) mass is 1410 g/mol. The zero-order valence-corrected chi connectivity index (χ0v) is 64.8. The second-order valence-corrected chi connectivity index (χ2v) is 33.3. The summed E-state index contributed by atoms with van der Waals surface area (Å²) in [6.45, 7) is 65.5. The van der Waals surface area contributed by atoms with Gasteiger partial charge in [0.2, 0.25) is 17.7 Å². The number of H-pyrrole nitrogens is 1. The molecule has 27 heteroatoms. The standard InChI is InChI=1S/C12H18S.C10H12F2O.C9H14N2.2C8H14N2O2.C8H14N2OS.C8H13NO3S.C7H13N3O/c1-10-7-5-6-8-11(10)13-9-12(2,3)4;1-10(2,3)6-4-7(11)9(13)8(12)5-6;1-7-10-6-5-8(11-7)9(2,3)4;3*1-6-9-7(10-12-6)5-11-8(2,3)4;1-8(2,3)12-4-5-6(10)9-7(11)13-5;1-7(2,3)11-4-6-8-5-9-10-6/h5-8H,9H2,1-4H3;4-5,13H,1-3H3;5-6H,1-4H3;3*1,5H2,2-4H3,(H,9,10);5H,4H2,1-3H3,(H,9,10,11);5H,4H2,1-3H3,(H,8,9,10). The molecule has 0 bridgehead atoms. The van der Waals surface area contributed by atoms with Crippen molar-refractivity contribution < 1.29 is 56.8 Å². The lowest BCUT2D eigenvalue weighted by atomic mass is 9.87. The Morgan fingerprint density at radius 1 is 0.619 bits per heavy atom. The quantitative estimate of drug-likeness (QED) is 0.0568. The number of halogens is 2. The van der Waals surface area contributed by atoms with Gasteiger partial charge in [-0.15, -0.1) is 11.8 Å². The molecule has 1 atom stereocenters. The van der Waals surface area contributed by atoms with E-state index in [4.69, 9.17) is 38.5 Å². The number of thioether (sulfide) groups is 2. The summed E-state index contributed by atoms with van der Waals surface area (Å²) in [7, 11) is 0. The average molecular weight is 1420 g/mol. The van der Waals surface area contributed by atoms with E-state index in [2.05, 4.69) is 154 Å². The first-order valence-corrected chi connectivity index (χ1v) is 34.2. The van der Waals surface area contributed by atoms with Crippen LogP contribution in [0.25, 0.3) is 0 Å². The molecular formula is C70H112F2N12O10S3. The number of aryl methyl sites for hydroxylation is 2. The van der Waals surface area contributed by atoms with Gasteiger partial charge >= 0.3 is 0 Å². The maximum Gasteiger partial charge on any atom is 0.286 e. The molecule has 0 saturated carbocycles. The zero-order valence-electron chi connectivity index (χ0n) is 62.4. The van der Waals surface area contributed by atoms with Gasteiger partial charge in [-0.2, -0.15) is 15.1 Å². The fourth-order valence-corrected chi connectivity index (χ4v) is 8.56. The lowest BCUT2D eigenvalue weighted by Gasteiger charge is -2.20. The number of aliphatic imine (C=N–C) groups is 3. The summed E-state index contributed by atoms with van der Waals surface area (Å²) in [5.74, 6) is 2.73. The van der Waals surface area contributed by atoms with Crippen LogP contribution >= 0.6 is 35.5 Å². The molecule has 8 rings (SSSR count). The Labute approximate surface area is 589 Å². The molecule has 2 aromatic heterocycles. The number of aromatic amines is 1. The van der Waals surface area contributed by atoms with Crippen molar-refractivity contribution in [3.63, 3.8) is 0 Å². The Kier molecular flexibility index (Phi) is 36.5. The van der Waals surface area contributed by atoms with E-state index in [9.17, 15) is 18.4 Å². The number of benzene rings is 2. The van der Waals surface area contributed by atoms with Crippen LogP contribution in [-0.4, -0.2) is 124 Å². The van der Waals surface area contributed by atoms with Crippen LogP contribution in [0.15, 0.2) is 111 Å². The van der Waals surface area contributed by atoms with Gasteiger partial charge < -0.3 is 43.2 Å². The highest BCUT2D eigenvalue weighted by molar-refractivity contribution is 8.15. The van der Waals surface area contributed by atoms with Crippen molar-refractivity contribution in [1.29, 1.82) is 0 Å². The van der Waals surface area contributed by atoms with Crippen LogP contribution in [0.3, 0.4) is 0 Å². The Balaban J connectivity index is 0.000000555. The van der Waals surface area contributed by atoms with E-state index in [1.165, 1.54) is 34.5 Å². The molecule has 6 heterocycles. The maximum atomic E-state index is 12.9. The van der Waals surface area contributed by atoms with Gasteiger partial charge in [0.15, 0.2) is 29.1 Å². The Bertz CT molecular complexity index is 3080. The Morgan fingerprint density at radius 3 is 1.44 bits per heavy atom. The van der Waals surface area contributed by atoms with Gasteiger partial charge in [-0.05, 0) is 189 Å². The van der Waals surface area contributed by atoms with Gasteiger partial charge in [0.05, 0.1) is 34.6 Å². The van der Waals surface area contributed by atoms with Gasteiger partial charge in [-0.1, -0.05) is 87.1 Å². The number of phenols is 1. The highest BCUT2D eigenvalue weighted by Gasteiger charge is 2.33. The third-order valence-corrected chi connectivity index (χ3v) is 14.7. The van der Waals surface area contributed by atoms with E-state index in [0.29, 0.717) is 60.8 Å². The van der Waals surface area contributed by atoms with E-state index in [0.717, 1.165) is 52.1 Å². The summed E-state index contributed by atoms with van der Waals surface area (Å²) in [5, 5.41) is 17.6. The van der Waals surface area contributed by atoms with E-state index in [-0.39, 0.29) is 61.8 Å². The molecule has 4 aliphatic rings. The summed E-state index contributed by atoms with van der Waals surface area (Å²) in [6.07, 6.45) is 3.28. The fraction of sp³-hybridized carbons (Fsp3) is 0.586. The summed E-state index contributed by atoms with van der Waals surface area (Å²) < 4.78 is 56.0. The molecule has 6 N–H and O–H groups in total. The van der Waals surface area contributed by atoms with Gasteiger partial charge in [-0.25, -0.2) is 39.7 Å². The smallest absolute Gasteiger partial charge is 0.286 e. The van der Waals surface area contributed by atoms with E-state index >= 15 is 0 Å². The first kappa shape index (κ1) is 88.6. The van der Waals surface area contributed by atoms with Crippen LogP contribution in [0, 0.1) is 30.9 Å². The van der Waals surface area contributed by atoms with E-state index in [1.807, 2.05) is 156 Å². The van der Waals surface area contributed by atoms with Crippen molar-refractivity contribution in [2.24, 2.45) is 20.4 Å². The first-order valence-electron chi connectivity index (χ1n) is 31.5. The molecule has 1 saturated heterocycles. The lowest BCUT2D eigenvalue weighted by molar-refractivity contribution is -0.120. The van der Waals surface area contributed by atoms with Crippen molar-refractivity contribution in [2.75, 3.05) is 32.2 Å². The predicted octanol–water partition coefficient (Wildman–Crippen LogP) is 15.8. The second-order valence-electron chi connectivity index (χ2n) is 30.2. The van der Waals surface area contributed by atoms with Crippen LogP contribution < -0.4 is 21.0 Å². The largest absolute Gasteiger partial charge is 0.503 e. The number of rotatable bonds is 12. The normalized spacial score (nSPS) is 15.3. The lowest BCUT2D eigenvalue weighted by Crippen LogP contribution is -2.31. The molecule has 4 aromatic rings. The molecule has 2 amide bonds. The van der Waals surface area contributed by atoms with Gasteiger partial charge in [-0.3, -0.25) is 20.0 Å². The van der Waals surface area contributed by atoms with Crippen molar-refractivity contribution in [1.82, 2.24) is 46.1 Å². The van der Waals surface area contributed by atoms with Crippen LogP contribution in [0.1, 0.15) is 195 Å². The minimum absolute atomic E-state index is 0.112. The van der Waals surface area contributed by atoms with Crippen molar-refractivity contribution in [2.45, 2.75) is 236 Å². The molecule has 1 unspecified atom stereocenters. The van der Waals surface area contributed by atoms with Crippen molar-refractivity contribution >= 4 is 64.1 Å². The van der Waals surface area contributed by atoms with Crippen molar-refractivity contribution in [3.05, 3.63) is 132 Å². The van der Waals surface area contributed by atoms with Crippen LogP contribution in [0.5, 0.6) is 5.75 Å². The fourth-order valence-electron chi connectivity index (χ4n) is 6.28. The van der Waals surface area contributed by atoms with E-state index < -0.39 is 17.4 Å². The number of ether oxygens (including phenoxy) is 5. The topological polar surface area (TPSA) is 272 Å². The molecule has 544 valence electrons. The summed E-state index contributed by atoms with van der Waals surface area (Å²) in [4.78, 5) is 57.2. The van der Waals surface area contributed by atoms with Crippen LogP contribution in [-0.2, 0) is 55.6 Å². The van der Waals surface area contributed by atoms with Crippen molar-refractivity contribution in [3.8, 4) is 5.75 Å². The molecule has 4 aliphatic heterocycles. The molecule has 97 heavy (non-hydrogen) atoms. The third kappa shape index (κ3) is 44.2. The number of carbonyl (C=O) groups is 2. The highest BCUT2D eigenvalue weighted by atomic mass is 32.2. The summed E-state index contributed by atoms with van der Waals surface area (Å²) in [6, 6.07) is 12.8. The number of nitrogens with zero attached hydrogens (tertiary/aromatic N) is 7. The molecular weight excluding hydrogens is 1300 g/mol. The molecule has 2 aromatic carbocycles. The highest BCUT2D eigenvalue weighted by Crippen LogP contribution is 2.31. The molecule has 1 fully saturated rings. The van der Waals surface area contributed by atoms with Gasteiger partial charge in [0, 0.05) is 39.9 Å². The number of imide groups is 1. The summed E-state index contributed by atoms with van der Waals surface area (Å²) >= 11 is 4.37. The van der Waals surface area contributed by atoms with E-state index in [1.54, 1.807) is 0 Å². The van der Waals surface area contributed by atoms with Gasteiger partial charge in [0.25, 0.3) is 5.24 Å². The maximum absolute atomic E-state index is 12.9. The third-order valence-electron chi connectivity index (χ3n) is 11.3. The summed E-state index contributed by atoms with van der Waals surface area (Å²) in [5.41, 5.74) is 7.62. The number of aromatic nitrogens is 5.